The van der Waals surface area contributed by atoms with Crippen LogP contribution in [0.5, 0.6) is 5.75 Å². The van der Waals surface area contributed by atoms with Crippen molar-refractivity contribution >= 4 is 11.6 Å². The van der Waals surface area contributed by atoms with Gasteiger partial charge < -0.3 is 15.4 Å². The molecule has 0 aromatic heterocycles. The van der Waals surface area contributed by atoms with Crippen LogP contribution in [0.3, 0.4) is 0 Å². The molecule has 1 aliphatic heterocycles. The van der Waals surface area contributed by atoms with E-state index in [2.05, 4.69) is 29.8 Å². The van der Waals surface area contributed by atoms with Gasteiger partial charge in [0.1, 0.15) is 5.75 Å². The molecule has 3 rings (SSSR count). The maximum Gasteiger partial charge on any atom is 0.196 e. The number of ether oxygens (including phenoxy) is 1. The van der Waals surface area contributed by atoms with Crippen molar-refractivity contribution in [2.24, 2.45) is 22.6 Å². The third kappa shape index (κ3) is 2.08. The molecular weight excluding hydrogens is 262 g/mol. The van der Waals surface area contributed by atoms with Gasteiger partial charge in [0.05, 0.1) is 24.9 Å². The van der Waals surface area contributed by atoms with Gasteiger partial charge in [-0.2, -0.15) is 0 Å². The number of guanidine groups is 1. The number of methoxy groups -OCH3 is 1. The minimum absolute atomic E-state index is 0.0103. The number of aliphatic imine (C=N–C) groups is 1. The Hall–Kier alpha value is -1.71. The van der Waals surface area contributed by atoms with E-state index in [-0.39, 0.29) is 5.54 Å². The second kappa shape index (κ2) is 5.24. The van der Waals surface area contributed by atoms with Crippen LogP contribution >= 0.6 is 0 Å². The van der Waals surface area contributed by atoms with Crippen LogP contribution in [0.25, 0.3) is 0 Å². The van der Waals surface area contributed by atoms with E-state index in [4.69, 9.17) is 10.5 Å². The van der Waals surface area contributed by atoms with E-state index in [1.165, 1.54) is 12.8 Å². The third-order valence-electron chi connectivity index (χ3n) is 5.49. The fourth-order valence-corrected chi connectivity index (χ4v) is 4.04. The predicted molar refractivity (Wildman–Crippen MR) is 86.9 cm³/mol. The Labute approximate surface area is 127 Å². The second-order valence-corrected chi connectivity index (χ2v) is 6.44. The first-order chi connectivity index (χ1) is 10.1. The highest BCUT2D eigenvalue weighted by molar-refractivity contribution is 5.99. The minimum Gasteiger partial charge on any atom is -0.495 e. The van der Waals surface area contributed by atoms with Gasteiger partial charge in [-0.15, -0.1) is 0 Å². The van der Waals surface area contributed by atoms with E-state index < -0.39 is 0 Å². The largest absolute Gasteiger partial charge is 0.495 e. The lowest BCUT2D eigenvalue weighted by atomic mass is 9.67. The Morgan fingerprint density at radius 3 is 2.86 bits per heavy atom. The van der Waals surface area contributed by atoms with Crippen molar-refractivity contribution in [1.82, 2.24) is 0 Å². The number of nitrogens with two attached hydrogens (primary N) is 1. The van der Waals surface area contributed by atoms with Crippen LogP contribution in [-0.2, 0) is 0 Å². The van der Waals surface area contributed by atoms with E-state index in [1.54, 1.807) is 7.11 Å². The van der Waals surface area contributed by atoms with Gasteiger partial charge in [0.15, 0.2) is 5.96 Å². The number of para-hydroxylation sites is 2. The Balaban J connectivity index is 2.07. The lowest BCUT2D eigenvalue weighted by molar-refractivity contribution is 0.159. The summed E-state index contributed by atoms with van der Waals surface area (Å²) >= 11 is 0. The van der Waals surface area contributed by atoms with Crippen molar-refractivity contribution in [2.45, 2.75) is 38.6 Å². The molecule has 1 fully saturated rings. The maximum absolute atomic E-state index is 6.27. The molecule has 1 aromatic carbocycles. The third-order valence-corrected chi connectivity index (χ3v) is 5.49. The molecule has 21 heavy (non-hydrogen) atoms. The molecule has 1 aromatic rings. The SMILES string of the molecule is COc1ccccc1N1C(N)=NCC12CCCC(C)C2C. The second-order valence-electron chi connectivity index (χ2n) is 6.44. The van der Waals surface area contributed by atoms with Gasteiger partial charge >= 0.3 is 0 Å². The van der Waals surface area contributed by atoms with Gasteiger partial charge in [0.2, 0.25) is 0 Å². The first-order valence-corrected chi connectivity index (χ1v) is 7.83. The summed E-state index contributed by atoms with van der Waals surface area (Å²) in [6, 6.07) is 8.10. The van der Waals surface area contributed by atoms with Gasteiger partial charge in [0, 0.05) is 0 Å². The maximum atomic E-state index is 6.27. The van der Waals surface area contributed by atoms with Gasteiger partial charge in [-0.1, -0.05) is 38.8 Å². The van der Waals surface area contributed by atoms with Crippen molar-refractivity contribution in [3.63, 3.8) is 0 Å². The molecule has 0 bridgehead atoms. The van der Waals surface area contributed by atoms with Crippen molar-refractivity contribution in [3.8, 4) is 5.75 Å². The van der Waals surface area contributed by atoms with E-state index in [1.807, 2.05) is 18.2 Å². The standard InChI is InChI=1S/C17H25N3O/c1-12-7-6-10-17(13(12)2)11-19-16(18)20(17)14-8-4-5-9-15(14)21-3/h4-5,8-9,12-13H,6-7,10-11H2,1-3H3,(H2,18,19). The monoisotopic (exact) mass is 287 g/mol. The molecule has 0 amide bonds. The molecule has 1 spiro atoms. The highest BCUT2D eigenvalue weighted by atomic mass is 16.5. The number of hydrogen-bond acceptors (Lipinski definition) is 4. The fraction of sp³-hybridized carbons (Fsp3) is 0.588. The Morgan fingerprint density at radius 2 is 2.10 bits per heavy atom. The minimum atomic E-state index is 0.0103. The molecule has 2 N–H and O–H groups in total. The lowest BCUT2D eigenvalue weighted by Crippen LogP contribution is -2.59. The normalized spacial score (nSPS) is 32.3. The smallest absolute Gasteiger partial charge is 0.196 e. The number of benzene rings is 1. The van der Waals surface area contributed by atoms with Crippen LogP contribution in [0.2, 0.25) is 0 Å². The van der Waals surface area contributed by atoms with E-state index >= 15 is 0 Å². The van der Waals surface area contributed by atoms with Gasteiger partial charge in [-0.05, 0) is 30.4 Å². The predicted octanol–water partition coefficient (Wildman–Crippen LogP) is 3.02. The van der Waals surface area contributed by atoms with E-state index in [0.29, 0.717) is 17.8 Å². The van der Waals surface area contributed by atoms with Crippen molar-refractivity contribution in [1.29, 1.82) is 0 Å². The van der Waals surface area contributed by atoms with Gasteiger partial charge in [0.25, 0.3) is 0 Å². The summed E-state index contributed by atoms with van der Waals surface area (Å²) in [5, 5.41) is 0. The van der Waals surface area contributed by atoms with Crippen LogP contribution in [-0.4, -0.2) is 25.2 Å². The van der Waals surface area contributed by atoms with Crippen molar-refractivity contribution in [2.75, 3.05) is 18.6 Å². The molecule has 114 valence electrons. The van der Waals surface area contributed by atoms with E-state index in [0.717, 1.165) is 24.4 Å². The van der Waals surface area contributed by atoms with E-state index in [9.17, 15) is 0 Å². The van der Waals surface area contributed by atoms with Crippen LogP contribution < -0.4 is 15.4 Å². The molecule has 3 atom stereocenters. The summed E-state index contributed by atoms with van der Waals surface area (Å²) in [6.07, 6.45) is 3.67. The highest BCUT2D eigenvalue weighted by Crippen LogP contribution is 2.47. The number of nitrogens with zero attached hydrogens (tertiary/aromatic N) is 2. The first kappa shape index (κ1) is 14.2. The summed E-state index contributed by atoms with van der Waals surface area (Å²) < 4.78 is 5.55. The molecule has 1 heterocycles. The number of anilines is 1. The highest BCUT2D eigenvalue weighted by Gasteiger charge is 2.50. The Bertz CT molecular complexity index is 557. The molecule has 0 saturated heterocycles. The van der Waals surface area contributed by atoms with Crippen molar-refractivity contribution < 1.29 is 4.74 Å². The summed E-state index contributed by atoms with van der Waals surface area (Å²) in [6.45, 7) is 5.49. The number of hydrogen-bond donors (Lipinski definition) is 1. The molecule has 0 radical (unpaired) electrons. The van der Waals surface area contributed by atoms with Crippen LogP contribution in [0.15, 0.2) is 29.3 Å². The average molecular weight is 287 g/mol. The molecular formula is C17H25N3O. The zero-order chi connectivity index (χ0) is 15.0. The molecule has 3 unspecified atom stereocenters. The topological polar surface area (TPSA) is 50.9 Å². The molecule has 1 saturated carbocycles. The van der Waals surface area contributed by atoms with Crippen LogP contribution in [0.1, 0.15) is 33.1 Å². The van der Waals surface area contributed by atoms with Crippen LogP contribution in [0, 0.1) is 11.8 Å². The summed E-state index contributed by atoms with van der Waals surface area (Å²) in [5.41, 5.74) is 7.32. The average Bonchev–Trinajstić information content (AvgIpc) is 2.82. The molecule has 4 nitrogen and oxygen atoms in total. The number of rotatable bonds is 2. The fourth-order valence-electron chi connectivity index (χ4n) is 4.04. The molecule has 1 aliphatic carbocycles. The lowest BCUT2D eigenvalue weighted by Gasteiger charge is -2.49. The van der Waals surface area contributed by atoms with Gasteiger partial charge in [-0.3, -0.25) is 4.99 Å². The Kier molecular flexibility index (Phi) is 3.56. The van der Waals surface area contributed by atoms with Crippen LogP contribution in [0.4, 0.5) is 5.69 Å². The zero-order valence-electron chi connectivity index (χ0n) is 13.2. The summed E-state index contributed by atoms with van der Waals surface area (Å²) in [4.78, 5) is 6.84. The molecule has 2 aliphatic rings. The molecule has 4 heteroatoms. The van der Waals surface area contributed by atoms with Gasteiger partial charge in [-0.25, -0.2) is 0 Å². The first-order valence-electron chi connectivity index (χ1n) is 7.83. The zero-order valence-corrected chi connectivity index (χ0v) is 13.2. The summed E-state index contributed by atoms with van der Waals surface area (Å²) in [5.74, 6) is 2.74. The van der Waals surface area contributed by atoms with Crippen molar-refractivity contribution in [3.05, 3.63) is 24.3 Å². The Morgan fingerprint density at radius 1 is 1.33 bits per heavy atom. The summed E-state index contributed by atoms with van der Waals surface area (Å²) in [7, 11) is 1.71. The quantitative estimate of drug-likeness (QED) is 0.909.